The normalized spacial score (nSPS) is 8.29. The highest BCUT2D eigenvalue weighted by Crippen LogP contribution is 1.95. The second kappa shape index (κ2) is 9.52. The summed E-state index contributed by atoms with van der Waals surface area (Å²) in [6.07, 6.45) is 3.61. The first kappa shape index (κ1) is 15.3. The molecular formula is C15H22N2. The lowest BCUT2D eigenvalue weighted by Gasteiger charge is -1.90. The van der Waals surface area contributed by atoms with Crippen LogP contribution in [0.15, 0.2) is 42.7 Å². The maximum absolute atomic E-state index is 4.04. The fourth-order valence-corrected chi connectivity index (χ4v) is 1.14. The van der Waals surface area contributed by atoms with E-state index in [1.54, 1.807) is 6.20 Å². The number of pyridine rings is 2. The van der Waals surface area contributed by atoms with Crippen LogP contribution < -0.4 is 0 Å². The molecule has 0 aliphatic heterocycles. The molecule has 2 heteroatoms. The molecule has 0 fully saturated rings. The molecule has 2 heterocycles. The van der Waals surface area contributed by atoms with Crippen LogP contribution in [0.25, 0.3) is 0 Å². The number of hydrogen-bond donors (Lipinski definition) is 0. The zero-order chi connectivity index (χ0) is 13.1. The average Bonchev–Trinajstić information content (AvgIpc) is 2.33. The van der Waals surface area contributed by atoms with Crippen LogP contribution in [0.5, 0.6) is 0 Å². The van der Waals surface area contributed by atoms with E-state index in [0.717, 1.165) is 11.4 Å². The van der Waals surface area contributed by atoms with Gasteiger partial charge in [-0.15, -0.1) is 0 Å². The quantitative estimate of drug-likeness (QED) is 0.680. The van der Waals surface area contributed by atoms with Gasteiger partial charge in [-0.1, -0.05) is 19.9 Å². The Morgan fingerprint density at radius 3 is 1.71 bits per heavy atom. The fourth-order valence-electron chi connectivity index (χ4n) is 1.14. The molecule has 2 aromatic heterocycles. The number of aryl methyl sites for hydroxylation is 3. The molecule has 92 valence electrons. The van der Waals surface area contributed by atoms with E-state index in [1.165, 1.54) is 5.56 Å². The van der Waals surface area contributed by atoms with Gasteiger partial charge in [-0.25, -0.2) is 0 Å². The van der Waals surface area contributed by atoms with Crippen LogP contribution in [-0.2, 0) is 0 Å². The highest BCUT2D eigenvalue weighted by atomic mass is 14.6. The summed E-state index contributed by atoms with van der Waals surface area (Å²) in [4.78, 5) is 8.02. The molecule has 2 rings (SSSR count). The Kier molecular flexibility index (Phi) is 8.57. The minimum atomic E-state index is 1.07. The minimum Gasteiger partial charge on any atom is -0.262 e. The van der Waals surface area contributed by atoms with Crippen molar-refractivity contribution in [1.29, 1.82) is 0 Å². The first-order chi connectivity index (χ1) is 8.18. The van der Waals surface area contributed by atoms with E-state index in [0.29, 0.717) is 0 Å². The molecule has 2 aromatic rings. The SMILES string of the molecule is CC.Cc1ccccn1.Cc1ccnc(C)c1. The van der Waals surface area contributed by atoms with Crippen molar-refractivity contribution >= 4 is 0 Å². The summed E-state index contributed by atoms with van der Waals surface area (Å²) < 4.78 is 0. The van der Waals surface area contributed by atoms with Gasteiger partial charge in [0, 0.05) is 23.8 Å². The topological polar surface area (TPSA) is 25.8 Å². The van der Waals surface area contributed by atoms with Gasteiger partial charge in [0.1, 0.15) is 0 Å². The molecule has 0 atom stereocenters. The second-order valence-corrected chi connectivity index (χ2v) is 3.45. The summed E-state index contributed by atoms with van der Waals surface area (Å²) in [7, 11) is 0. The van der Waals surface area contributed by atoms with Gasteiger partial charge in [0.2, 0.25) is 0 Å². The van der Waals surface area contributed by atoms with Gasteiger partial charge in [0.25, 0.3) is 0 Å². The highest BCUT2D eigenvalue weighted by Gasteiger charge is 1.82. The van der Waals surface area contributed by atoms with Crippen LogP contribution in [-0.4, -0.2) is 9.97 Å². The van der Waals surface area contributed by atoms with Gasteiger partial charge in [-0.05, 0) is 50.6 Å². The van der Waals surface area contributed by atoms with Gasteiger partial charge >= 0.3 is 0 Å². The highest BCUT2D eigenvalue weighted by molar-refractivity contribution is 5.12. The summed E-state index contributed by atoms with van der Waals surface area (Å²) in [5, 5.41) is 0. The monoisotopic (exact) mass is 230 g/mol. The summed E-state index contributed by atoms with van der Waals surface area (Å²) in [6.45, 7) is 10.0. The van der Waals surface area contributed by atoms with Crippen molar-refractivity contribution in [2.24, 2.45) is 0 Å². The molecule has 0 saturated carbocycles. The summed E-state index contributed by atoms with van der Waals surface area (Å²) in [5.41, 5.74) is 3.44. The van der Waals surface area contributed by atoms with Crippen LogP contribution in [0.3, 0.4) is 0 Å². The van der Waals surface area contributed by atoms with E-state index >= 15 is 0 Å². The zero-order valence-corrected chi connectivity index (χ0v) is 11.4. The molecule has 0 saturated heterocycles. The van der Waals surface area contributed by atoms with Gasteiger partial charge in [-0.2, -0.15) is 0 Å². The van der Waals surface area contributed by atoms with Crippen LogP contribution in [0.4, 0.5) is 0 Å². The Morgan fingerprint density at radius 1 is 0.765 bits per heavy atom. The molecular weight excluding hydrogens is 208 g/mol. The predicted octanol–water partition coefficient (Wildman–Crippen LogP) is 4.11. The Hall–Kier alpha value is -1.70. The Labute approximate surface area is 105 Å². The van der Waals surface area contributed by atoms with E-state index in [9.17, 15) is 0 Å². The maximum atomic E-state index is 4.04. The van der Waals surface area contributed by atoms with Crippen molar-refractivity contribution in [3.8, 4) is 0 Å². The first-order valence-electron chi connectivity index (χ1n) is 5.95. The minimum absolute atomic E-state index is 1.07. The largest absolute Gasteiger partial charge is 0.262 e. The van der Waals surface area contributed by atoms with Gasteiger partial charge in [-0.3, -0.25) is 9.97 Å². The third kappa shape index (κ3) is 8.14. The van der Waals surface area contributed by atoms with Crippen molar-refractivity contribution < 1.29 is 0 Å². The van der Waals surface area contributed by atoms with E-state index in [2.05, 4.69) is 23.0 Å². The molecule has 0 radical (unpaired) electrons. The van der Waals surface area contributed by atoms with E-state index in [1.807, 2.05) is 58.2 Å². The number of aromatic nitrogens is 2. The lowest BCUT2D eigenvalue weighted by Crippen LogP contribution is -1.78. The van der Waals surface area contributed by atoms with Crippen LogP contribution >= 0.6 is 0 Å². The second-order valence-electron chi connectivity index (χ2n) is 3.45. The van der Waals surface area contributed by atoms with Crippen molar-refractivity contribution in [3.63, 3.8) is 0 Å². The standard InChI is InChI=1S/C7H9N.C6H7N.C2H6/c1-6-3-4-8-7(2)5-6;1-6-4-2-3-5-7-6;1-2/h3-5H,1-2H3;2-5H,1H3;1-2H3. The summed E-state index contributed by atoms with van der Waals surface area (Å²) in [6, 6.07) is 9.91. The van der Waals surface area contributed by atoms with E-state index < -0.39 is 0 Å². The van der Waals surface area contributed by atoms with Crippen LogP contribution in [0.1, 0.15) is 30.8 Å². The van der Waals surface area contributed by atoms with E-state index in [-0.39, 0.29) is 0 Å². The molecule has 0 amide bonds. The molecule has 0 aliphatic rings. The molecule has 0 unspecified atom stereocenters. The number of rotatable bonds is 0. The zero-order valence-electron chi connectivity index (χ0n) is 11.4. The van der Waals surface area contributed by atoms with Crippen molar-refractivity contribution in [2.45, 2.75) is 34.6 Å². The van der Waals surface area contributed by atoms with Crippen molar-refractivity contribution in [2.75, 3.05) is 0 Å². The summed E-state index contributed by atoms with van der Waals surface area (Å²) in [5.74, 6) is 0. The number of nitrogens with zero attached hydrogens (tertiary/aromatic N) is 2. The average molecular weight is 230 g/mol. The Bertz CT molecular complexity index is 379. The fraction of sp³-hybridized carbons (Fsp3) is 0.333. The molecule has 0 N–H and O–H groups in total. The van der Waals surface area contributed by atoms with Gasteiger partial charge < -0.3 is 0 Å². The van der Waals surface area contributed by atoms with Crippen molar-refractivity contribution in [3.05, 3.63) is 59.7 Å². The van der Waals surface area contributed by atoms with Gasteiger partial charge in [0.05, 0.1) is 0 Å². The maximum Gasteiger partial charge on any atom is 0.0375 e. The predicted molar refractivity (Wildman–Crippen MR) is 74.0 cm³/mol. The third-order valence-corrected chi connectivity index (χ3v) is 1.86. The lowest BCUT2D eigenvalue weighted by molar-refractivity contribution is 1.18. The molecule has 2 nitrogen and oxygen atoms in total. The molecule has 0 bridgehead atoms. The molecule has 17 heavy (non-hydrogen) atoms. The van der Waals surface area contributed by atoms with Crippen LogP contribution in [0, 0.1) is 20.8 Å². The molecule has 0 aromatic carbocycles. The first-order valence-corrected chi connectivity index (χ1v) is 5.95. The summed E-state index contributed by atoms with van der Waals surface area (Å²) >= 11 is 0. The van der Waals surface area contributed by atoms with Crippen molar-refractivity contribution in [1.82, 2.24) is 9.97 Å². The number of hydrogen-bond acceptors (Lipinski definition) is 2. The van der Waals surface area contributed by atoms with E-state index in [4.69, 9.17) is 0 Å². The molecule has 0 aliphatic carbocycles. The Morgan fingerprint density at radius 2 is 1.41 bits per heavy atom. The third-order valence-electron chi connectivity index (χ3n) is 1.86. The Balaban J connectivity index is 0.000000265. The smallest absolute Gasteiger partial charge is 0.0375 e. The van der Waals surface area contributed by atoms with Gasteiger partial charge in [0.15, 0.2) is 0 Å². The lowest BCUT2D eigenvalue weighted by atomic mass is 10.3. The van der Waals surface area contributed by atoms with Crippen LogP contribution in [0.2, 0.25) is 0 Å². The molecule has 0 spiro atoms.